The summed E-state index contributed by atoms with van der Waals surface area (Å²) < 4.78 is 11.1. The molecular formula is C22H25N3O3. The Kier molecular flexibility index (Phi) is 4.96. The van der Waals surface area contributed by atoms with Gasteiger partial charge in [-0.1, -0.05) is 12.1 Å². The van der Waals surface area contributed by atoms with Crippen LogP contribution in [-0.4, -0.2) is 51.1 Å². The topological polar surface area (TPSA) is 58.0 Å². The van der Waals surface area contributed by atoms with E-state index in [4.69, 9.17) is 9.15 Å². The number of carbonyl (C=O) groups excluding carboxylic acids is 1. The van der Waals surface area contributed by atoms with E-state index in [2.05, 4.69) is 28.2 Å². The van der Waals surface area contributed by atoms with Gasteiger partial charge in [-0.25, -0.2) is 0 Å². The standard InChI is InChI=1S/C22H25N3O3/c1-15-17-14-16(27-3)8-9-20(17)28-21(15)22(26)23-18-6-4-5-7-19(18)25-12-10-24(2)11-13-25/h4-9,14H,10-13H2,1-3H3,(H,23,26). The Labute approximate surface area is 164 Å². The third-order valence-electron chi connectivity index (χ3n) is 5.35. The van der Waals surface area contributed by atoms with E-state index >= 15 is 0 Å². The first-order valence-electron chi connectivity index (χ1n) is 9.48. The molecule has 6 heteroatoms. The minimum Gasteiger partial charge on any atom is -0.497 e. The summed E-state index contributed by atoms with van der Waals surface area (Å²) in [6, 6.07) is 13.5. The maximum atomic E-state index is 13.0. The quantitative estimate of drug-likeness (QED) is 0.748. The van der Waals surface area contributed by atoms with Crippen molar-refractivity contribution in [2.24, 2.45) is 0 Å². The Morgan fingerprint density at radius 3 is 2.61 bits per heavy atom. The molecule has 0 radical (unpaired) electrons. The fourth-order valence-corrected chi connectivity index (χ4v) is 3.63. The number of anilines is 2. The van der Waals surface area contributed by atoms with E-state index in [0.717, 1.165) is 54.3 Å². The average molecular weight is 379 g/mol. The number of hydrogen-bond donors (Lipinski definition) is 1. The predicted octanol–water partition coefficient (Wildman–Crippen LogP) is 3.75. The highest BCUT2D eigenvalue weighted by atomic mass is 16.5. The summed E-state index contributed by atoms with van der Waals surface area (Å²) in [5, 5.41) is 3.93. The summed E-state index contributed by atoms with van der Waals surface area (Å²) in [5.74, 6) is 0.828. The van der Waals surface area contributed by atoms with Crippen LogP contribution in [0.4, 0.5) is 11.4 Å². The molecule has 4 rings (SSSR count). The number of furan rings is 1. The molecule has 1 saturated heterocycles. The second-order valence-electron chi connectivity index (χ2n) is 7.18. The van der Waals surface area contributed by atoms with Crippen molar-refractivity contribution < 1.29 is 13.9 Å². The molecule has 0 aliphatic carbocycles. The third-order valence-corrected chi connectivity index (χ3v) is 5.35. The van der Waals surface area contributed by atoms with E-state index in [-0.39, 0.29) is 5.91 Å². The van der Waals surface area contributed by atoms with Crippen LogP contribution < -0.4 is 15.0 Å². The zero-order chi connectivity index (χ0) is 19.7. The van der Waals surface area contributed by atoms with Crippen LogP contribution in [0.3, 0.4) is 0 Å². The Bertz CT molecular complexity index is 1000. The minimum absolute atomic E-state index is 0.241. The van der Waals surface area contributed by atoms with Crippen molar-refractivity contribution in [1.29, 1.82) is 0 Å². The lowest BCUT2D eigenvalue weighted by atomic mass is 10.1. The van der Waals surface area contributed by atoms with E-state index in [0.29, 0.717) is 11.3 Å². The van der Waals surface area contributed by atoms with Gasteiger partial charge < -0.3 is 24.3 Å². The first-order valence-corrected chi connectivity index (χ1v) is 9.48. The number of carbonyl (C=O) groups is 1. The van der Waals surface area contributed by atoms with Crippen molar-refractivity contribution in [2.75, 3.05) is 50.6 Å². The first-order chi connectivity index (χ1) is 13.6. The molecule has 1 amide bonds. The number of likely N-dealkylation sites (N-methyl/N-ethyl adjacent to an activating group) is 1. The molecule has 1 aliphatic rings. The maximum absolute atomic E-state index is 13.0. The highest BCUT2D eigenvalue weighted by molar-refractivity contribution is 6.07. The largest absolute Gasteiger partial charge is 0.497 e. The van der Waals surface area contributed by atoms with Gasteiger partial charge in [-0.2, -0.15) is 0 Å². The number of nitrogens with one attached hydrogen (secondary N) is 1. The fraction of sp³-hybridized carbons (Fsp3) is 0.318. The van der Waals surface area contributed by atoms with E-state index in [1.165, 1.54) is 0 Å². The molecule has 146 valence electrons. The van der Waals surface area contributed by atoms with Gasteiger partial charge in [-0.3, -0.25) is 4.79 Å². The molecule has 1 aliphatic heterocycles. The molecule has 1 fully saturated rings. The Hall–Kier alpha value is -2.99. The number of aryl methyl sites for hydroxylation is 1. The van der Waals surface area contributed by atoms with Crippen LogP contribution in [0, 0.1) is 6.92 Å². The lowest BCUT2D eigenvalue weighted by molar-refractivity contribution is 0.0998. The molecule has 0 saturated carbocycles. The maximum Gasteiger partial charge on any atom is 0.291 e. The number of benzene rings is 2. The Morgan fingerprint density at radius 1 is 1.11 bits per heavy atom. The summed E-state index contributed by atoms with van der Waals surface area (Å²) in [6.45, 7) is 5.78. The van der Waals surface area contributed by atoms with Gasteiger partial charge in [0, 0.05) is 37.1 Å². The SMILES string of the molecule is COc1ccc2oc(C(=O)Nc3ccccc3N3CCN(C)CC3)c(C)c2c1. The van der Waals surface area contributed by atoms with Crippen molar-refractivity contribution in [3.63, 3.8) is 0 Å². The third kappa shape index (κ3) is 3.43. The summed E-state index contributed by atoms with van der Waals surface area (Å²) >= 11 is 0. The van der Waals surface area contributed by atoms with E-state index in [9.17, 15) is 4.79 Å². The van der Waals surface area contributed by atoms with Crippen molar-refractivity contribution in [1.82, 2.24) is 4.90 Å². The summed E-state index contributed by atoms with van der Waals surface area (Å²) in [7, 11) is 3.75. The van der Waals surface area contributed by atoms with Crippen LogP contribution in [-0.2, 0) is 0 Å². The second kappa shape index (κ2) is 7.56. The van der Waals surface area contributed by atoms with Gasteiger partial charge in [0.25, 0.3) is 5.91 Å². The van der Waals surface area contributed by atoms with Gasteiger partial charge in [0.1, 0.15) is 11.3 Å². The number of para-hydroxylation sites is 2. The number of rotatable bonds is 4. The second-order valence-corrected chi connectivity index (χ2v) is 7.18. The number of nitrogens with zero attached hydrogens (tertiary/aromatic N) is 2. The van der Waals surface area contributed by atoms with E-state index in [1.807, 2.05) is 43.3 Å². The predicted molar refractivity (Wildman–Crippen MR) is 112 cm³/mol. The van der Waals surface area contributed by atoms with Crippen molar-refractivity contribution in [2.45, 2.75) is 6.92 Å². The molecule has 0 spiro atoms. The van der Waals surface area contributed by atoms with E-state index < -0.39 is 0 Å². The number of methoxy groups -OCH3 is 1. The fourth-order valence-electron chi connectivity index (χ4n) is 3.63. The smallest absolute Gasteiger partial charge is 0.291 e. The number of piperazine rings is 1. The molecule has 0 bridgehead atoms. The Balaban J connectivity index is 1.61. The van der Waals surface area contributed by atoms with Crippen LogP contribution in [0.5, 0.6) is 5.75 Å². The Morgan fingerprint density at radius 2 is 1.86 bits per heavy atom. The number of ether oxygens (including phenoxy) is 1. The van der Waals surface area contributed by atoms with Crippen molar-refractivity contribution >= 4 is 28.3 Å². The van der Waals surface area contributed by atoms with Crippen molar-refractivity contribution in [3.05, 3.63) is 53.8 Å². The van der Waals surface area contributed by atoms with Gasteiger partial charge in [0.2, 0.25) is 0 Å². The van der Waals surface area contributed by atoms with Crippen LogP contribution in [0.15, 0.2) is 46.9 Å². The molecule has 2 heterocycles. The zero-order valence-corrected chi connectivity index (χ0v) is 16.5. The molecule has 28 heavy (non-hydrogen) atoms. The van der Waals surface area contributed by atoms with Gasteiger partial charge in [0.15, 0.2) is 5.76 Å². The van der Waals surface area contributed by atoms with Crippen LogP contribution >= 0.6 is 0 Å². The number of fused-ring (bicyclic) bond motifs is 1. The summed E-state index contributed by atoms with van der Waals surface area (Å²) in [4.78, 5) is 17.6. The lowest BCUT2D eigenvalue weighted by Crippen LogP contribution is -2.44. The van der Waals surface area contributed by atoms with E-state index in [1.54, 1.807) is 7.11 Å². The van der Waals surface area contributed by atoms with Gasteiger partial charge in [-0.05, 0) is 44.3 Å². The van der Waals surface area contributed by atoms with Gasteiger partial charge in [0.05, 0.1) is 18.5 Å². The molecular weight excluding hydrogens is 354 g/mol. The molecule has 2 aromatic carbocycles. The molecule has 3 aromatic rings. The van der Waals surface area contributed by atoms with Crippen molar-refractivity contribution in [3.8, 4) is 5.75 Å². The lowest BCUT2D eigenvalue weighted by Gasteiger charge is -2.35. The minimum atomic E-state index is -0.241. The van der Waals surface area contributed by atoms with Crippen LogP contribution in [0.25, 0.3) is 11.0 Å². The molecule has 0 atom stereocenters. The highest BCUT2D eigenvalue weighted by Gasteiger charge is 2.21. The normalized spacial score (nSPS) is 15.0. The molecule has 0 unspecified atom stereocenters. The summed E-state index contributed by atoms with van der Waals surface area (Å²) in [6.07, 6.45) is 0. The number of hydrogen-bond acceptors (Lipinski definition) is 5. The first kappa shape index (κ1) is 18.4. The average Bonchev–Trinajstić information content (AvgIpc) is 3.05. The monoisotopic (exact) mass is 379 g/mol. The number of amides is 1. The highest BCUT2D eigenvalue weighted by Crippen LogP contribution is 2.31. The summed E-state index contributed by atoms with van der Waals surface area (Å²) in [5.41, 5.74) is 3.33. The van der Waals surface area contributed by atoms with Gasteiger partial charge >= 0.3 is 0 Å². The van der Waals surface area contributed by atoms with Crippen LogP contribution in [0.2, 0.25) is 0 Å². The van der Waals surface area contributed by atoms with Gasteiger partial charge in [-0.15, -0.1) is 0 Å². The van der Waals surface area contributed by atoms with Crippen LogP contribution in [0.1, 0.15) is 16.1 Å². The zero-order valence-electron chi connectivity index (χ0n) is 16.5. The molecule has 1 aromatic heterocycles. The molecule has 6 nitrogen and oxygen atoms in total. The molecule has 1 N–H and O–H groups in total.